The predicted molar refractivity (Wildman–Crippen MR) is 36.8 cm³/mol. The highest BCUT2D eigenvalue weighted by molar-refractivity contribution is 7.26. The minimum Gasteiger partial charge on any atom is -0.340 e. The van der Waals surface area contributed by atoms with E-state index in [1.807, 2.05) is 0 Å². The van der Waals surface area contributed by atoms with Crippen LogP contribution in [0.2, 0.25) is 0 Å². The largest absolute Gasteiger partial charge is 0.340 e. The predicted octanol–water partition coefficient (Wildman–Crippen LogP) is 1.63. The van der Waals surface area contributed by atoms with Crippen molar-refractivity contribution in [1.82, 2.24) is 0 Å². The Hall–Kier alpha value is 0.930. The van der Waals surface area contributed by atoms with Crippen LogP contribution in [0.1, 0.15) is 0 Å². The van der Waals surface area contributed by atoms with E-state index in [1.165, 1.54) is 0 Å². The first-order chi connectivity index (χ1) is 2.41. The van der Waals surface area contributed by atoms with Crippen LogP contribution >= 0.6 is 33.8 Å². The summed E-state index contributed by atoms with van der Waals surface area (Å²) in [6, 6.07) is 0. The molecular weight excluding hydrogens is 158 g/mol. The zero-order valence-corrected chi connectivity index (χ0v) is 6.77. The van der Waals surface area contributed by atoms with E-state index in [4.69, 9.17) is 0 Å². The Balaban J connectivity index is -0.0000000800. The van der Waals surface area contributed by atoms with Crippen LogP contribution in [0.15, 0.2) is 0 Å². The average molecular weight is 167 g/mol. The maximum atomic E-state index is 4.50. The molecule has 0 rings (SSSR count). The molecule has 0 bridgehead atoms. The van der Waals surface area contributed by atoms with E-state index >= 15 is 0 Å². The average Bonchev–Trinajstić information content (AvgIpc) is 1.41. The molecule has 0 spiro atoms. The minimum atomic E-state index is 0. The monoisotopic (exact) mass is 166 g/mol. The van der Waals surface area contributed by atoms with Crippen molar-refractivity contribution in [2.45, 2.75) is 0 Å². The molecule has 0 heterocycles. The van der Waals surface area contributed by atoms with Crippen LogP contribution in [0.25, 0.3) is 0 Å². The Labute approximate surface area is 57.7 Å². The van der Waals surface area contributed by atoms with Gasteiger partial charge in [0, 0.05) is 14.2 Å². The third-order valence-corrected chi connectivity index (χ3v) is 0.500. The summed E-state index contributed by atoms with van der Waals surface area (Å²) < 4.78 is 8.99. The van der Waals surface area contributed by atoms with Crippen molar-refractivity contribution in [3.05, 3.63) is 0 Å². The van der Waals surface area contributed by atoms with Crippen molar-refractivity contribution in [2.24, 2.45) is 0 Å². The third kappa shape index (κ3) is 19.6. The summed E-state index contributed by atoms with van der Waals surface area (Å²) in [6.45, 7) is 0. The van der Waals surface area contributed by atoms with Gasteiger partial charge in [-0.15, -0.1) is 24.8 Å². The molecular formula is C2H9Cl2O2P. The fraction of sp³-hybridized carbons (Fsp3) is 1.00. The lowest BCUT2D eigenvalue weighted by atomic mass is 11.8. The van der Waals surface area contributed by atoms with Crippen LogP contribution in [0.4, 0.5) is 0 Å². The Morgan fingerprint density at radius 3 is 1.29 bits per heavy atom. The van der Waals surface area contributed by atoms with E-state index in [1.54, 1.807) is 14.2 Å². The zero-order chi connectivity index (χ0) is 4.12. The molecule has 48 valence electrons. The van der Waals surface area contributed by atoms with Crippen LogP contribution in [0.5, 0.6) is 0 Å². The first-order valence-corrected chi connectivity index (χ1v) is 2.04. The van der Waals surface area contributed by atoms with Crippen LogP contribution in [0, 0.1) is 0 Å². The van der Waals surface area contributed by atoms with Gasteiger partial charge in [0.05, 0.1) is 0 Å². The van der Waals surface area contributed by atoms with E-state index in [-0.39, 0.29) is 33.8 Å². The normalized spacial score (nSPS) is 6.00. The molecule has 0 aromatic heterocycles. The first-order valence-electron chi connectivity index (χ1n) is 1.22. The van der Waals surface area contributed by atoms with Crippen molar-refractivity contribution in [1.29, 1.82) is 0 Å². The van der Waals surface area contributed by atoms with Crippen LogP contribution in [0.3, 0.4) is 0 Å². The third-order valence-electron chi connectivity index (χ3n) is 0.167. The second-order valence-electron chi connectivity index (χ2n) is 0.492. The molecule has 0 saturated carbocycles. The lowest BCUT2D eigenvalue weighted by molar-refractivity contribution is 0.362. The summed E-state index contributed by atoms with van der Waals surface area (Å²) in [5.41, 5.74) is 0. The summed E-state index contributed by atoms with van der Waals surface area (Å²) in [5, 5.41) is 0. The van der Waals surface area contributed by atoms with Gasteiger partial charge in [0.1, 0.15) is 0 Å². The SMILES string of the molecule is COPOC.Cl.Cl. The van der Waals surface area contributed by atoms with Gasteiger partial charge in [-0.25, -0.2) is 0 Å². The number of halogens is 2. The molecule has 0 unspecified atom stereocenters. The van der Waals surface area contributed by atoms with Gasteiger partial charge >= 0.3 is 0 Å². The van der Waals surface area contributed by atoms with E-state index in [0.29, 0.717) is 0 Å². The van der Waals surface area contributed by atoms with Crippen molar-refractivity contribution >= 4 is 33.8 Å². The summed E-state index contributed by atoms with van der Waals surface area (Å²) >= 11 is 0. The van der Waals surface area contributed by atoms with E-state index in [0.717, 1.165) is 0 Å². The molecule has 0 aliphatic carbocycles. The van der Waals surface area contributed by atoms with E-state index in [9.17, 15) is 0 Å². The van der Waals surface area contributed by atoms with Crippen LogP contribution < -0.4 is 0 Å². The second-order valence-corrected chi connectivity index (χ2v) is 1.47. The maximum Gasteiger partial charge on any atom is 0.154 e. The van der Waals surface area contributed by atoms with Crippen molar-refractivity contribution < 1.29 is 9.05 Å². The van der Waals surface area contributed by atoms with Crippen LogP contribution in [-0.2, 0) is 9.05 Å². The lowest BCUT2D eigenvalue weighted by Gasteiger charge is -1.86. The van der Waals surface area contributed by atoms with Gasteiger partial charge in [0.2, 0.25) is 0 Å². The Kier molecular flexibility index (Phi) is 35.3. The fourth-order valence-electron chi connectivity index (χ4n) is 0.0833. The highest BCUT2D eigenvalue weighted by Gasteiger charge is 1.64. The van der Waals surface area contributed by atoms with Gasteiger partial charge in [-0.2, -0.15) is 0 Å². The Morgan fingerprint density at radius 2 is 1.29 bits per heavy atom. The fourth-order valence-corrected chi connectivity index (χ4v) is 0.250. The first kappa shape index (κ1) is 15.7. The molecule has 0 aromatic carbocycles. The number of rotatable bonds is 2. The highest BCUT2D eigenvalue weighted by atomic mass is 35.5. The second kappa shape index (κ2) is 15.8. The standard InChI is InChI=1S/C2H7O2P.2ClH/c1-3-5-4-2;;/h5H,1-2H3;2*1H. The molecule has 0 aliphatic rings. The minimum absolute atomic E-state index is 0. The van der Waals surface area contributed by atoms with Gasteiger partial charge in [0.25, 0.3) is 0 Å². The molecule has 0 atom stereocenters. The molecule has 0 aliphatic heterocycles. The number of hydrogen-bond donors (Lipinski definition) is 0. The maximum absolute atomic E-state index is 4.50. The molecule has 2 nitrogen and oxygen atoms in total. The molecule has 0 amide bonds. The zero-order valence-electron chi connectivity index (χ0n) is 4.13. The molecule has 0 N–H and O–H groups in total. The van der Waals surface area contributed by atoms with Gasteiger partial charge in [0.15, 0.2) is 9.03 Å². The molecule has 0 fully saturated rings. The van der Waals surface area contributed by atoms with Gasteiger partial charge < -0.3 is 9.05 Å². The molecule has 0 saturated heterocycles. The van der Waals surface area contributed by atoms with E-state index < -0.39 is 0 Å². The summed E-state index contributed by atoms with van der Waals surface area (Å²) in [4.78, 5) is 0. The Bertz CT molecular complexity index is 21.2. The van der Waals surface area contributed by atoms with Gasteiger partial charge in [-0.3, -0.25) is 0 Å². The molecule has 0 radical (unpaired) electrons. The molecule has 5 heteroatoms. The van der Waals surface area contributed by atoms with Gasteiger partial charge in [-0.1, -0.05) is 0 Å². The van der Waals surface area contributed by atoms with Crippen molar-refractivity contribution in [3.8, 4) is 0 Å². The topological polar surface area (TPSA) is 18.5 Å². The van der Waals surface area contributed by atoms with Gasteiger partial charge in [-0.05, 0) is 0 Å². The summed E-state index contributed by atoms with van der Waals surface area (Å²) in [6.07, 6.45) is 0. The summed E-state index contributed by atoms with van der Waals surface area (Å²) in [7, 11) is 3.40. The molecule has 0 aromatic rings. The number of hydrogen-bond acceptors (Lipinski definition) is 2. The quantitative estimate of drug-likeness (QED) is 0.582. The Morgan fingerprint density at radius 1 is 1.00 bits per heavy atom. The lowest BCUT2D eigenvalue weighted by Crippen LogP contribution is -1.60. The van der Waals surface area contributed by atoms with Crippen molar-refractivity contribution in [2.75, 3.05) is 14.2 Å². The van der Waals surface area contributed by atoms with Crippen LogP contribution in [-0.4, -0.2) is 14.2 Å². The molecule has 7 heavy (non-hydrogen) atoms. The smallest absolute Gasteiger partial charge is 0.154 e. The highest BCUT2D eigenvalue weighted by Crippen LogP contribution is 2.05. The van der Waals surface area contributed by atoms with Crippen molar-refractivity contribution in [3.63, 3.8) is 0 Å². The summed E-state index contributed by atoms with van der Waals surface area (Å²) in [5.74, 6) is 0. The van der Waals surface area contributed by atoms with E-state index in [2.05, 4.69) is 9.05 Å².